The summed E-state index contributed by atoms with van der Waals surface area (Å²) in [6.07, 6.45) is 5.07. The zero-order valence-corrected chi connectivity index (χ0v) is 11.5. The molecule has 3 heteroatoms. The van der Waals surface area contributed by atoms with Crippen molar-refractivity contribution in [2.75, 3.05) is 0 Å². The lowest BCUT2D eigenvalue weighted by Crippen LogP contribution is -2.15. The first-order valence-corrected chi connectivity index (χ1v) is 7.40. The van der Waals surface area contributed by atoms with Crippen molar-refractivity contribution >= 4 is 11.0 Å². The first-order chi connectivity index (χ1) is 9.28. The van der Waals surface area contributed by atoms with Crippen LogP contribution in [0, 0.1) is 5.92 Å². The van der Waals surface area contributed by atoms with E-state index in [-0.39, 0.29) is 6.10 Å². The van der Waals surface area contributed by atoms with Gasteiger partial charge in [-0.2, -0.15) is 0 Å². The fourth-order valence-corrected chi connectivity index (χ4v) is 2.79. The SMILES string of the molecule is CCCn1c(CC(O)CC2CC2)nc2ccccc21. The summed E-state index contributed by atoms with van der Waals surface area (Å²) in [6, 6.07) is 8.25. The van der Waals surface area contributed by atoms with E-state index in [2.05, 4.69) is 29.7 Å². The molecule has 1 aromatic carbocycles. The van der Waals surface area contributed by atoms with Crippen LogP contribution < -0.4 is 0 Å². The van der Waals surface area contributed by atoms with Crippen LogP contribution in [0.15, 0.2) is 24.3 Å². The molecule has 3 nitrogen and oxygen atoms in total. The van der Waals surface area contributed by atoms with Crippen molar-refractivity contribution in [2.24, 2.45) is 5.92 Å². The summed E-state index contributed by atoms with van der Waals surface area (Å²) < 4.78 is 2.27. The molecule has 1 N–H and O–H groups in total. The van der Waals surface area contributed by atoms with E-state index in [0.717, 1.165) is 36.6 Å². The highest BCUT2D eigenvalue weighted by Crippen LogP contribution is 2.34. The quantitative estimate of drug-likeness (QED) is 0.864. The second-order valence-corrected chi connectivity index (χ2v) is 5.71. The van der Waals surface area contributed by atoms with Gasteiger partial charge in [-0.3, -0.25) is 0 Å². The van der Waals surface area contributed by atoms with Gasteiger partial charge in [0.25, 0.3) is 0 Å². The first-order valence-electron chi connectivity index (χ1n) is 7.40. The predicted octanol–water partition coefficient (Wildman–Crippen LogP) is 3.15. The van der Waals surface area contributed by atoms with Gasteiger partial charge in [0.2, 0.25) is 0 Å². The average Bonchev–Trinajstić information content (AvgIpc) is 3.14. The molecular formula is C16H22N2O. The van der Waals surface area contributed by atoms with Gasteiger partial charge in [-0.1, -0.05) is 31.9 Å². The van der Waals surface area contributed by atoms with Crippen LogP contribution in [0.4, 0.5) is 0 Å². The van der Waals surface area contributed by atoms with Crippen molar-refractivity contribution in [3.8, 4) is 0 Å². The Morgan fingerprint density at radius 2 is 2.16 bits per heavy atom. The maximum Gasteiger partial charge on any atom is 0.112 e. The second kappa shape index (κ2) is 5.33. The van der Waals surface area contributed by atoms with E-state index < -0.39 is 0 Å². The molecule has 1 unspecified atom stereocenters. The van der Waals surface area contributed by atoms with E-state index in [1.165, 1.54) is 18.4 Å². The number of benzene rings is 1. The summed E-state index contributed by atoms with van der Waals surface area (Å²) in [5.74, 6) is 1.80. The number of nitrogens with zero attached hydrogens (tertiary/aromatic N) is 2. The largest absolute Gasteiger partial charge is 0.393 e. The molecule has 1 aliphatic rings. The highest BCUT2D eigenvalue weighted by Gasteiger charge is 2.25. The fraction of sp³-hybridized carbons (Fsp3) is 0.562. The monoisotopic (exact) mass is 258 g/mol. The molecule has 0 amide bonds. The van der Waals surface area contributed by atoms with Gasteiger partial charge in [0, 0.05) is 13.0 Å². The van der Waals surface area contributed by atoms with Gasteiger partial charge in [-0.05, 0) is 30.9 Å². The Kier molecular flexibility index (Phi) is 3.56. The lowest BCUT2D eigenvalue weighted by Gasteiger charge is -2.12. The van der Waals surface area contributed by atoms with Crippen molar-refractivity contribution < 1.29 is 5.11 Å². The Morgan fingerprint density at radius 1 is 1.37 bits per heavy atom. The van der Waals surface area contributed by atoms with Crippen molar-refractivity contribution in [2.45, 2.75) is 51.7 Å². The number of aliphatic hydroxyl groups is 1. The maximum atomic E-state index is 10.2. The summed E-state index contributed by atoms with van der Waals surface area (Å²) in [4.78, 5) is 4.70. The number of imidazole rings is 1. The molecule has 0 radical (unpaired) electrons. The van der Waals surface area contributed by atoms with Gasteiger partial charge in [0.15, 0.2) is 0 Å². The molecule has 2 aromatic rings. The van der Waals surface area contributed by atoms with Crippen LogP contribution in [0.25, 0.3) is 11.0 Å². The van der Waals surface area contributed by atoms with Gasteiger partial charge >= 0.3 is 0 Å². The third kappa shape index (κ3) is 2.81. The van der Waals surface area contributed by atoms with Crippen molar-refractivity contribution in [3.05, 3.63) is 30.1 Å². The van der Waals surface area contributed by atoms with Crippen molar-refractivity contribution in [1.29, 1.82) is 0 Å². The van der Waals surface area contributed by atoms with Crippen LogP contribution in [-0.2, 0) is 13.0 Å². The Bertz CT molecular complexity index is 557. The number of aromatic nitrogens is 2. The number of para-hydroxylation sites is 2. The Morgan fingerprint density at radius 3 is 2.89 bits per heavy atom. The van der Waals surface area contributed by atoms with Crippen LogP contribution in [0.3, 0.4) is 0 Å². The molecule has 1 aliphatic carbocycles. The average molecular weight is 258 g/mol. The summed E-state index contributed by atoms with van der Waals surface area (Å²) in [6.45, 7) is 3.16. The lowest BCUT2D eigenvalue weighted by atomic mass is 10.1. The van der Waals surface area contributed by atoms with Crippen LogP contribution in [0.1, 0.15) is 38.4 Å². The molecule has 1 atom stereocenters. The molecule has 1 fully saturated rings. The minimum atomic E-state index is -0.236. The number of hydrogen-bond donors (Lipinski definition) is 1. The number of aryl methyl sites for hydroxylation is 1. The number of hydrogen-bond acceptors (Lipinski definition) is 2. The molecule has 102 valence electrons. The van der Waals surface area contributed by atoms with E-state index >= 15 is 0 Å². The Labute approximate surface area is 114 Å². The van der Waals surface area contributed by atoms with Crippen LogP contribution in [0.2, 0.25) is 0 Å². The van der Waals surface area contributed by atoms with E-state index in [1.807, 2.05) is 6.07 Å². The third-order valence-corrected chi connectivity index (χ3v) is 3.90. The highest BCUT2D eigenvalue weighted by molar-refractivity contribution is 5.75. The minimum absolute atomic E-state index is 0.236. The zero-order valence-electron chi connectivity index (χ0n) is 11.5. The molecule has 0 bridgehead atoms. The number of fused-ring (bicyclic) bond motifs is 1. The van der Waals surface area contributed by atoms with Crippen LogP contribution in [-0.4, -0.2) is 20.8 Å². The zero-order chi connectivity index (χ0) is 13.2. The highest BCUT2D eigenvalue weighted by atomic mass is 16.3. The molecule has 0 spiro atoms. The minimum Gasteiger partial charge on any atom is -0.393 e. The smallest absolute Gasteiger partial charge is 0.112 e. The maximum absolute atomic E-state index is 10.2. The summed E-state index contributed by atoms with van der Waals surface area (Å²) in [5, 5.41) is 10.2. The van der Waals surface area contributed by atoms with E-state index in [4.69, 9.17) is 4.98 Å². The topological polar surface area (TPSA) is 38.0 Å². The Balaban J connectivity index is 1.85. The predicted molar refractivity (Wildman–Crippen MR) is 77.1 cm³/mol. The van der Waals surface area contributed by atoms with Gasteiger partial charge in [0.05, 0.1) is 17.1 Å². The van der Waals surface area contributed by atoms with E-state index in [1.54, 1.807) is 0 Å². The summed E-state index contributed by atoms with van der Waals surface area (Å²) in [7, 11) is 0. The number of rotatable bonds is 6. The molecule has 1 saturated carbocycles. The first kappa shape index (κ1) is 12.7. The van der Waals surface area contributed by atoms with Gasteiger partial charge in [0.1, 0.15) is 5.82 Å². The van der Waals surface area contributed by atoms with E-state index in [0.29, 0.717) is 6.42 Å². The van der Waals surface area contributed by atoms with E-state index in [9.17, 15) is 5.11 Å². The third-order valence-electron chi connectivity index (χ3n) is 3.90. The molecule has 1 heterocycles. The molecule has 0 saturated heterocycles. The molecule has 1 aromatic heterocycles. The van der Waals surface area contributed by atoms with Gasteiger partial charge < -0.3 is 9.67 Å². The summed E-state index contributed by atoms with van der Waals surface area (Å²) >= 11 is 0. The second-order valence-electron chi connectivity index (χ2n) is 5.71. The molecule has 3 rings (SSSR count). The number of aliphatic hydroxyl groups excluding tert-OH is 1. The molecule has 19 heavy (non-hydrogen) atoms. The lowest BCUT2D eigenvalue weighted by molar-refractivity contribution is 0.154. The van der Waals surface area contributed by atoms with Gasteiger partial charge in [-0.15, -0.1) is 0 Å². The normalized spacial score (nSPS) is 16.9. The molecular weight excluding hydrogens is 236 g/mol. The van der Waals surface area contributed by atoms with Crippen LogP contribution in [0.5, 0.6) is 0 Å². The van der Waals surface area contributed by atoms with Crippen molar-refractivity contribution in [3.63, 3.8) is 0 Å². The standard InChI is InChI=1S/C16H22N2O/c1-2-9-18-15-6-4-3-5-14(15)17-16(18)11-13(19)10-12-7-8-12/h3-6,12-13,19H,2,7-11H2,1H3. The Hall–Kier alpha value is -1.35. The van der Waals surface area contributed by atoms with Crippen molar-refractivity contribution in [1.82, 2.24) is 9.55 Å². The van der Waals surface area contributed by atoms with Gasteiger partial charge in [-0.25, -0.2) is 4.98 Å². The summed E-state index contributed by atoms with van der Waals surface area (Å²) in [5.41, 5.74) is 2.24. The molecule has 0 aliphatic heterocycles. The fourth-order valence-electron chi connectivity index (χ4n) is 2.79. The van der Waals surface area contributed by atoms with Crippen LogP contribution >= 0.6 is 0 Å².